The van der Waals surface area contributed by atoms with E-state index in [4.69, 9.17) is 0 Å². The summed E-state index contributed by atoms with van der Waals surface area (Å²) in [6.45, 7) is 4.94. The second-order valence-electron chi connectivity index (χ2n) is 5.27. The Balaban J connectivity index is 2.09. The predicted molar refractivity (Wildman–Crippen MR) is 83.8 cm³/mol. The smallest absolute Gasteiger partial charge is 0.299 e. The summed E-state index contributed by atoms with van der Waals surface area (Å²) in [5.74, 6) is -0.0330. The number of ketones is 1. The van der Waals surface area contributed by atoms with Crippen LogP contribution in [0.1, 0.15) is 42.6 Å². The van der Waals surface area contributed by atoms with Crippen LogP contribution in [0, 0.1) is 0 Å². The van der Waals surface area contributed by atoms with Gasteiger partial charge < -0.3 is 0 Å². The van der Waals surface area contributed by atoms with Crippen molar-refractivity contribution in [1.82, 2.24) is 9.13 Å². The molecule has 2 rings (SSSR count). The highest BCUT2D eigenvalue weighted by molar-refractivity contribution is 5.95. The summed E-state index contributed by atoms with van der Waals surface area (Å²) < 4.78 is 3.11. The summed E-state index contributed by atoms with van der Waals surface area (Å²) in [7, 11) is 0. The van der Waals surface area contributed by atoms with Gasteiger partial charge >= 0.3 is 5.69 Å². The number of nitrogens with zero attached hydrogens (tertiary/aromatic N) is 2. The lowest BCUT2D eigenvalue weighted by Gasteiger charge is -2.04. The van der Waals surface area contributed by atoms with Gasteiger partial charge in [-0.3, -0.25) is 13.9 Å². The van der Waals surface area contributed by atoms with Crippen molar-refractivity contribution >= 4 is 5.78 Å². The molecule has 0 aliphatic heterocycles. The van der Waals surface area contributed by atoms with Gasteiger partial charge in [0.05, 0.1) is 6.54 Å². The summed E-state index contributed by atoms with van der Waals surface area (Å²) in [5.41, 5.74) is 1.78. The lowest BCUT2D eigenvalue weighted by atomic mass is 10.1. The molecule has 1 aromatic carbocycles. The first-order valence-corrected chi connectivity index (χ1v) is 7.53. The molecule has 1 aromatic heterocycles. The minimum Gasteiger partial charge on any atom is -0.299 e. The van der Waals surface area contributed by atoms with Gasteiger partial charge in [-0.25, -0.2) is 4.79 Å². The predicted octanol–water partition coefficient (Wildman–Crippen LogP) is 2.90. The van der Waals surface area contributed by atoms with Crippen molar-refractivity contribution in [3.63, 3.8) is 0 Å². The van der Waals surface area contributed by atoms with Gasteiger partial charge in [-0.15, -0.1) is 0 Å². The number of carbonyl (C=O) groups is 1. The standard InChI is InChI=1S/C17H22N2O2/c1-3-5-14-6-8-15(9-7-14)16(20)13-19-12-11-18(10-4-2)17(19)21/h6-9,11-12H,3-5,10,13H2,1-2H3. The average Bonchev–Trinajstić information content (AvgIpc) is 2.82. The molecule has 4 heteroatoms. The molecule has 0 amide bonds. The number of hydrogen-bond donors (Lipinski definition) is 0. The fourth-order valence-corrected chi connectivity index (χ4v) is 2.38. The number of hydrogen-bond acceptors (Lipinski definition) is 2. The molecule has 4 nitrogen and oxygen atoms in total. The maximum Gasteiger partial charge on any atom is 0.328 e. The van der Waals surface area contributed by atoms with Crippen molar-refractivity contribution in [3.8, 4) is 0 Å². The molecule has 0 aliphatic carbocycles. The van der Waals surface area contributed by atoms with E-state index in [2.05, 4.69) is 6.92 Å². The van der Waals surface area contributed by atoms with Gasteiger partial charge in [0.2, 0.25) is 0 Å². The molecule has 0 saturated carbocycles. The van der Waals surface area contributed by atoms with Crippen LogP contribution in [0.2, 0.25) is 0 Å². The zero-order valence-electron chi connectivity index (χ0n) is 12.7. The fourth-order valence-electron chi connectivity index (χ4n) is 2.38. The molecule has 0 unspecified atom stereocenters. The molecule has 0 aliphatic rings. The van der Waals surface area contributed by atoms with Gasteiger partial charge in [-0.2, -0.15) is 0 Å². The van der Waals surface area contributed by atoms with Gasteiger partial charge in [0.1, 0.15) is 0 Å². The molecule has 0 atom stereocenters. The van der Waals surface area contributed by atoms with E-state index in [1.807, 2.05) is 31.2 Å². The van der Waals surface area contributed by atoms with Crippen molar-refractivity contribution in [2.24, 2.45) is 0 Å². The summed E-state index contributed by atoms with van der Waals surface area (Å²) in [4.78, 5) is 24.3. The quantitative estimate of drug-likeness (QED) is 0.735. The van der Waals surface area contributed by atoms with Crippen LogP contribution in [0.4, 0.5) is 0 Å². The van der Waals surface area contributed by atoms with E-state index < -0.39 is 0 Å². The third kappa shape index (κ3) is 3.72. The van der Waals surface area contributed by atoms with E-state index in [0.717, 1.165) is 19.3 Å². The molecule has 2 aromatic rings. The zero-order chi connectivity index (χ0) is 15.2. The zero-order valence-corrected chi connectivity index (χ0v) is 12.7. The van der Waals surface area contributed by atoms with E-state index in [9.17, 15) is 9.59 Å². The Kier molecular flexibility index (Phi) is 5.14. The third-order valence-corrected chi connectivity index (χ3v) is 3.51. The summed E-state index contributed by atoms with van der Waals surface area (Å²) in [6, 6.07) is 7.67. The monoisotopic (exact) mass is 286 g/mol. The molecule has 0 radical (unpaired) electrons. The van der Waals surface area contributed by atoms with E-state index in [-0.39, 0.29) is 18.0 Å². The van der Waals surface area contributed by atoms with E-state index >= 15 is 0 Å². The van der Waals surface area contributed by atoms with Crippen molar-refractivity contribution in [2.45, 2.75) is 46.2 Å². The summed E-state index contributed by atoms with van der Waals surface area (Å²) >= 11 is 0. The van der Waals surface area contributed by atoms with E-state index in [1.54, 1.807) is 17.0 Å². The van der Waals surface area contributed by atoms with Crippen molar-refractivity contribution < 1.29 is 4.79 Å². The summed E-state index contributed by atoms with van der Waals surface area (Å²) in [5, 5.41) is 0. The maximum atomic E-state index is 12.2. The second kappa shape index (κ2) is 7.07. The fraction of sp³-hybridized carbons (Fsp3) is 0.412. The van der Waals surface area contributed by atoms with E-state index in [1.165, 1.54) is 10.1 Å². The Labute approximate surface area is 125 Å². The number of Topliss-reactive ketones (excluding diaryl/α,β-unsaturated/α-hetero) is 1. The molecular weight excluding hydrogens is 264 g/mol. The van der Waals surface area contributed by atoms with Gasteiger partial charge in [0, 0.05) is 24.5 Å². The van der Waals surface area contributed by atoms with Crippen LogP contribution >= 0.6 is 0 Å². The number of carbonyl (C=O) groups excluding carboxylic acids is 1. The molecule has 0 fully saturated rings. The van der Waals surface area contributed by atoms with Crippen LogP contribution in [0.5, 0.6) is 0 Å². The van der Waals surface area contributed by atoms with Crippen LogP contribution in [0.3, 0.4) is 0 Å². The SMILES string of the molecule is CCCc1ccc(C(=O)Cn2ccn(CCC)c2=O)cc1. The Morgan fingerprint density at radius 1 is 1.00 bits per heavy atom. The van der Waals surface area contributed by atoms with Gasteiger partial charge in [-0.05, 0) is 18.4 Å². The van der Waals surface area contributed by atoms with Crippen LogP contribution in [0.15, 0.2) is 41.5 Å². The normalized spacial score (nSPS) is 10.8. The van der Waals surface area contributed by atoms with Crippen molar-refractivity contribution in [2.75, 3.05) is 0 Å². The highest BCUT2D eigenvalue weighted by atomic mass is 16.2. The number of benzene rings is 1. The van der Waals surface area contributed by atoms with Gasteiger partial charge in [0.25, 0.3) is 0 Å². The highest BCUT2D eigenvalue weighted by Crippen LogP contribution is 2.08. The minimum atomic E-state index is -0.118. The van der Waals surface area contributed by atoms with Crippen LogP contribution in [-0.4, -0.2) is 14.9 Å². The molecule has 112 valence electrons. The van der Waals surface area contributed by atoms with Crippen molar-refractivity contribution in [3.05, 3.63) is 58.3 Å². The molecule has 0 saturated heterocycles. The highest BCUT2D eigenvalue weighted by Gasteiger charge is 2.10. The molecule has 0 N–H and O–H groups in total. The first-order valence-electron chi connectivity index (χ1n) is 7.53. The number of rotatable bonds is 7. The van der Waals surface area contributed by atoms with Crippen LogP contribution in [-0.2, 0) is 19.5 Å². The molecule has 1 heterocycles. The van der Waals surface area contributed by atoms with Gasteiger partial charge in [0.15, 0.2) is 5.78 Å². The van der Waals surface area contributed by atoms with Gasteiger partial charge in [-0.1, -0.05) is 44.5 Å². The second-order valence-corrected chi connectivity index (χ2v) is 5.27. The lowest BCUT2D eigenvalue weighted by molar-refractivity contribution is 0.0970. The number of aromatic nitrogens is 2. The Morgan fingerprint density at radius 2 is 1.67 bits per heavy atom. The van der Waals surface area contributed by atoms with Crippen LogP contribution in [0.25, 0.3) is 0 Å². The van der Waals surface area contributed by atoms with E-state index in [0.29, 0.717) is 12.1 Å². The Hall–Kier alpha value is -2.10. The van der Waals surface area contributed by atoms with Crippen LogP contribution < -0.4 is 5.69 Å². The Bertz CT molecular complexity index is 650. The minimum absolute atomic E-state index is 0.0330. The van der Waals surface area contributed by atoms with Crippen molar-refractivity contribution in [1.29, 1.82) is 0 Å². The topological polar surface area (TPSA) is 44.0 Å². The maximum absolute atomic E-state index is 12.2. The third-order valence-electron chi connectivity index (χ3n) is 3.51. The molecular formula is C17H22N2O2. The number of imidazole rings is 1. The largest absolute Gasteiger partial charge is 0.328 e. The first kappa shape index (κ1) is 15.3. The molecule has 0 bridgehead atoms. The summed E-state index contributed by atoms with van der Waals surface area (Å²) in [6.07, 6.45) is 6.43. The first-order chi connectivity index (χ1) is 10.2. The molecule has 21 heavy (non-hydrogen) atoms. The average molecular weight is 286 g/mol. The number of aryl methyl sites for hydroxylation is 2. The lowest BCUT2D eigenvalue weighted by Crippen LogP contribution is -2.26. The molecule has 0 spiro atoms. The Morgan fingerprint density at radius 3 is 2.29 bits per heavy atom.